The van der Waals surface area contributed by atoms with Crippen molar-refractivity contribution in [2.75, 3.05) is 7.11 Å². The number of rotatable bonds is 0. The molecule has 1 N–H and O–H groups in total. The predicted octanol–water partition coefficient (Wildman–Crippen LogP) is 2.21. The molecule has 0 amide bonds. The van der Waals surface area contributed by atoms with Gasteiger partial charge in [0.05, 0.1) is 0 Å². The van der Waals surface area contributed by atoms with Crippen LogP contribution < -0.4 is 0 Å². The van der Waals surface area contributed by atoms with Gasteiger partial charge in [-0.2, -0.15) is 0 Å². The zero-order chi connectivity index (χ0) is 8.69. The van der Waals surface area contributed by atoms with Crippen molar-refractivity contribution in [3.8, 4) is 0 Å². The van der Waals surface area contributed by atoms with Gasteiger partial charge in [-0.05, 0) is 37.1 Å². The molecule has 1 aliphatic carbocycles. The Kier molecular flexibility index (Phi) is 5.18. The van der Waals surface area contributed by atoms with Crippen molar-refractivity contribution in [1.29, 1.82) is 0 Å². The second-order valence-corrected chi connectivity index (χ2v) is 2.20. The second kappa shape index (κ2) is 5.72. The molecule has 1 heteroatoms. The Morgan fingerprint density at radius 3 is 2.45 bits per heavy atom. The van der Waals surface area contributed by atoms with Crippen molar-refractivity contribution in [1.82, 2.24) is 0 Å². The van der Waals surface area contributed by atoms with Crippen molar-refractivity contribution < 1.29 is 5.11 Å². The lowest BCUT2D eigenvalue weighted by atomic mass is 10.1. The summed E-state index contributed by atoms with van der Waals surface area (Å²) in [4.78, 5) is 0. The van der Waals surface area contributed by atoms with E-state index in [0.29, 0.717) is 0 Å². The molecule has 0 aromatic heterocycles. The quantitative estimate of drug-likeness (QED) is 0.525. The molecule has 60 valence electrons. The fourth-order valence-electron chi connectivity index (χ4n) is 0.666. The number of allylic oxidation sites excluding steroid dienone is 5. The van der Waals surface area contributed by atoms with Crippen LogP contribution in [0.25, 0.3) is 0 Å². The van der Waals surface area contributed by atoms with Gasteiger partial charge in [-0.15, -0.1) is 5.73 Å². The van der Waals surface area contributed by atoms with E-state index in [1.54, 1.807) is 0 Å². The van der Waals surface area contributed by atoms with Gasteiger partial charge in [0.1, 0.15) is 0 Å². The summed E-state index contributed by atoms with van der Waals surface area (Å²) in [5.74, 6) is 0. The normalized spacial score (nSPS) is 14.2. The van der Waals surface area contributed by atoms with Gasteiger partial charge in [-0.3, -0.25) is 0 Å². The first-order valence-electron chi connectivity index (χ1n) is 3.52. The van der Waals surface area contributed by atoms with Crippen LogP contribution in [0.1, 0.15) is 13.8 Å². The fourth-order valence-corrected chi connectivity index (χ4v) is 0.666. The number of aliphatic hydroxyl groups excluding tert-OH is 1. The monoisotopic (exact) mass is 150 g/mol. The third-order valence-corrected chi connectivity index (χ3v) is 1.46. The van der Waals surface area contributed by atoms with Crippen LogP contribution in [0.4, 0.5) is 0 Å². The zero-order valence-electron chi connectivity index (χ0n) is 7.26. The Bertz CT molecular complexity index is 225. The third-order valence-electron chi connectivity index (χ3n) is 1.46. The molecule has 0 aromatic carbocycles. The van der Waals surface area contributed by atoms with Gasteiger partial charge < -0.3 is 5.11 Å². The van der Waals surface area contributed by atoms with Gasteiger partial charge in [-0.1, -0.05) is 12.2 Å². The first kappa shape index (κ1) is 9.96. The maximum Gasteiger partial charge on any atom is 0.0319 e. The minimum absolute atomic E-state index is 1.00. The third kappa shape index (κ3) is 3.61. The van der Waals surface area contributed by atoms with E-state index in [4.69, 9.17) is 5.11 Å². The molecule has 11 heavy (non-hydrogen) atoms. The minimum Gasteiger partial charge on any atom is -0.400 e. The first-order chi connectivity index (χ1) is 5.30. The molecular formula is C10H14O. The highest BCUT2D eigenvalue weighted by Crippen LogP contribution is 2.07. The van der Waals surface area contributed by atoms with Crippen molar-refractivity contribution in [3.05, 3.63) is 41.2 Å². The lowest BCUT2D eigenvalue weighted by Crippen LogP contribution is -1.71. The van der Waals surface area contributed by atoms with Gasteiger partial charge in [0, 0.05) is 7.11 Å². The smallest absolute Gasteiger partial charge is 0.0319 e. The van der Waals surface area contributed by atoms with E-state index in [2.05, 4.69) is 25.7 Å². The molecule has 0 bridgehead atoms. The molecule has 1 nitrogen and oxygen atoms in total. The first-order valence-corrected chi connectivity index (χ1v) is 3.52. The molecule has 0 saturated heterocycles. The van der Waals surface area contributed by atoms with Crippen LogP contribution in [0.2, 0.25) is 0 Å². The number of hydrogen-bond donors (Lipinski definition) is 1. The Morgan fingerprint density at radius 2 is 1.82 bits per heavy atom. The van der Waals surface area contributed by atoms with E-state index >= 15 is 0 Å². The standard InChI is InChI=1S/C9H10.CH4O/c1-8-6-4-3-5-7-9(8)2;1-2/h3-4,6-7H,1-2H3;2H,1H3. The predicted molar refractivity (Wildman–Crippen MR) is 48.3 cm³/mol. The van der Waals surface area contributed by atoms with Crippen LogP contribution in [0.3, 0.4) is 0 Å². The summed E-state index contributed by atoms with van der Waals surface area (Å²) in [5.41, 5.74) is 5.64. The molecule has 0 spiro atoms. The molecule has 0 aromatic rings. The van der Waals surface area contributed by atoms with E-state index in [9.17, 15) is 0 Å². The van der Waals surface area contributed by atoms with Gasteiger partial charge in [0.2, 0.25) is 0 Å². The second-order valence-electron chi connectivity index (χ2n) is 2.20. The van der Waals surface area contributed by atoms with Gasteiger partial charge in [0.15, 0.2) is 0 Å². The van der Waals surface area contributed by atoms with Crippen LogP contribution in [-0.2, 0) is 0 Å². The summed E-state index contributed by atoms with van der Waals surface area (Å²) in [7, 11) is 1.00. The van der Waals surface area contributed by atoms with Crippen LogP contribution >= 0.6 is 0 Å². The van der Waals surface area contributed by atoms with E-state index in [1.807, 2.05) is 18.2 Å². The Morgan fingerprint density at radius 1 is 1.18 bits per heavy atom. The van der Waals surface area contributed by atoms with E-state index in [-0.39, 0.29) is 0 Å². The Balaban J connectivity index is 0.000000461. The molecule has 0 fully saturated rings. The maximum atomic E-state index is 7.00. The van der Waals surface area contributed by atoms with E-state index in [1.165, 1.54) is 11.1 Å². The van der Waals surface area contributed by atoms with Crippen molar-refractivity contribution in [2.24, 2.45) is 0 Å². The summed E-state index contributed by atoms with van der Waals surface area (Å²) in [5, 5.41) is 7.00. The SMILES string of the molecule is CC1=C(C)C=CC=C=C1.CO. The van der Waals surface area contributed by atoms with E-state index < -0.39 is 0 Å². The lowest BCUT2D eigenvalue weighted by molar-refractivity contribution is 0.399. The fraction of sp³-hybridized carbons (Fsp3) is 0.300. The Labute approximate surface area is 68.1 Å². The number of hydrogen-bond acceptors (Lipinski definition) is 1. The lowest BCUT2D eigenvalue weighted by Gasteiger charge is -1.91. The molecule has 0 radical (unpaired) electrons. The van der Waals surface area contributed by atoms with Crippen molar-refractivity contribution in [2.45, 2.75) is 13.8 Å². The highest BCUT2D eigenvalue weighted by Gasteiger charge is 1.87. The summed E-state index contributed by atoms with van der Waals surface area (Å²) in [6, 6.07) is 0. The van der Waals surface area contributed by atoms with Crippen molar-refractivity contribution in [3.63, 3.8) is 0 Å². The average Bonchev–Trinajstić information content (AvgIpc) is 2.22. The summed E-state index contributed by atoms with van der Waals surface area (Å²) in [6.45, 7) is 4.19. The molecule has 1 rings (SSSR count). The molecular weight excluding hydrogens is 136 g/mol. The average molecular weight is 150 g/mol. The van der Waals surface area contributed by atoms with Crippen molar-refractivity contribution >= 4 is 0 Å². The van der Waals surface area contributed by atoms with Crippen LogP contribution in [0.5, 0.6) is 0 Å². The van der Waals surface area contributed by atoms with Gasteiger partial charge in [0.25, 0.3) is 0 Å². The van der Waals surface area contributed by atoms with Gasteiger partial charge >= 0.3 is 0 Å². The topological polar surface area (TPSA) is 20.2 Å². The molecule has 0 saturated carbocycles. The van der Waals surface area contributed by atoms with E-state index in [0.717, 1.165) is 7.11 Å². The highest BCUT2D eigenvalue weighted by atomic mass is 16.2. The summed E-state index contributed by atoms with van der Waals surface area (Å²) < 4.78 is 0. The minimum atomic E-state index is 1.00. The number of aliphatic hydroxyl groups is 1. The summed E-state index contributed by atoms with van der Waals surface area (Å²) >= 11 is 0. The van der Waals surface area contributed by atoms with Crippen LogP contribution in [0, 0.1) is 0 Å². The van der Waals surface area contributed by atoms with Crippen LogP contribution in [0.15, 0.2) is 41.2 Å². The molecule has 0 aliphatic heterocycles. The summed E-state index contributed by atoms with van der Waals surface area (Å²) in [6.07, 6.45) is 8.00. The molecule has 0 heterocycles. The molecule has 0 unspecified atom stereocenters. The molecule has 1 aliphatic rings. The highest BCUT2D eigenvalue weighted by molar-refractivity contribution is 5.34. The maximum absolute atomic E-state index is 7.00. The largest absolute Gasteiger partial charge is 0.400 e. The van der Waals surface area contributed by atoms with Crippen LogP contribution in [-0.4, -0.2) is 12.2 Å². The Hall–Kier alpha value is -1.04. The zero-order valence-corrected chi connectivity index (χ0v) is 7.26. The molecule has 0 atom stereocenters. The van der Waals surface area contributed by atoms with Gasteiger partial charge in [-0.25, -0.2) is 0 Å².